The molecule has 0 bridgehead atoms. The molecule has 4 heteroatoms. The zero-order valence-electron chi connectivity index (χ0n) is 12.5. The monoisotopic (exact) mass is 341 g/mol. The highest BCUT2D eigenvalue weighted by atomic mass is 79.9. The van der Waals surface area contributed by atoms with Gasteiger partial charge in [0, 0.05) is 6.54 Å². The molecule has 112 valence electrons. The van der Waals surface area contributed by atoms with Crippen molar-refractivity contribution in [3.63, 3.8) is 0 Å². The van der Waals surface area contributed by atoms with Crippen molar-refractivity contribution < 1.29 is 9.47 Å². The molecule has 0 saturated carbocycles. The first-order chi connectivity index (χ1) is 9.72. The van der Waals surface area contributed by atoms with Crippen LogP contribution in [0.5, 0.6) is 11.5 Å². The first-order valence-corrected chi connectivity index (χ1v) is 7.92. The average Bonchev–Trinajstić information content (AvgIpc) is 2.42. The van der Waals surface area contributed by atoms with Gasteiger partial charge in [-0.05, 0) is 60.4 Å². The number of hydrogen-bond acceptors (Lipinski definition) is 3. The molecule has 0 aliphatic heterocycles. The van der Waals surface area contributed by atoms with E-state index in [9.17, 15) is 0 Å². The lowest BCUT2D eigenvalue weighted by Crippen LogP contribution is -2.14. The van der Waals surface area contributed by atoms with E-state index in [1.165, 1.54) is 5.56 Å². The molecule has 0 unspecified atom stereocenters. The van der Waals surface area contributed by atoms with Crippen molar-refractivity contribution in [2.45, 2.75) is 33.7 Å². The maximum absolute atomic E-state index is 5.76. The van der Waals surface area contributed by atoms with Crippen LogP contribution in [0.25, 0.3) is 0 Å². The van der Waals surface area contributed by atoms with Crippen molar-refractivity contribution in [3.05, 3.63) is 34.3 Å². The number of allylic oxidation sites excluding steroid dienone is 1. The summed E-state index contributed by atoms with van der Waals surface area (Å²) in [5.41, 5.74) is 1.19. The first kappa shape index (κ1) is 17.1. The average molecular weight is 342 g/mol. The van der Waals surface area contributed by atoms with Crippen LogP contribution in [0.1, 0.15) is 32.8 Å². The molecule has 0 heterocycles. The van der Waals surface area contributed by atoms with E-state index >= 15 is 0 Å². The zero-order chi connectivity index (χ0) is 14.8. The van der Waals surface area contributed by atoms with Crippen molar-refractivity contribution in [1.82, 2.24) is 5.32 Å². The maximum Gasteiger partial charge on any atom is 0.175 e. The molecule has 0 radical (unpaired) electrons. The van der Waals surface area contributed by atoms with E-state index in [-0.39, 0.29) is 0 Å². The fourth-order valence-corrected chi connectivity index (χ4v) is 2.37. The van der Waals surface area contributed by atoms with E-state index in [4.69, 9.17) is 9.47 Å². The van der Waals surface area contributed by atoms with E-state index in [0.29, 0.717) is 13.2 Å². The van der Waals surface area contributed by atoms with E-state index < -0.39 is 0 Å². The molecule has 0 atom stereocenters. The number of rotatable bonds is 9. The van der Waals surface area contributed by atoms with Gasteiger partial charge in [0.1, 0.15) is 6.61 Å². The second-order valence-electron chi connectivity index (χ2n) is 4.39. The van der Waals surface area contributed by atoms with Crippen molar-refractivity contribution in [1.29, 1.82) is 0 Å². The number of halogens is 1. The molecule has 1 rings (SSSR count). The Bertz CT molecular complexity index is 433. The van der Waals surface area contributed by atoms with Crippen molar-refractivity contribution in [3.8, 4) is 11.5 Å². The number of benzene rings is 1. The molecule has 0 saturated heterocycles. The van der Waals surface area contributed by atoms with Crippen LogP contribution in [0, 0.1) is 0 Å². The number of hydrogen-bond donors (Lipinski definition) is 1. The van der Waals surface area contributed by atoms with Crippen LogP contribution in [0.2, 0.25) is 0 Å². The maximum atomic E-state index is 5.76. The largest absolute Gasteiger partial charge is 0.490 e. The Morgan fingerprint density at radius 2 is 2.05 bits per heavy atom. The van der Waals surface area contributed by atoms with E-state index in [1.807, 2.05) is 32.1 Å². The molecule has 1 aromatic carbocycles. The Balaban J connectivity index is 2.86. The molecule has 0 spiro atoms. The second kappa shape index (κ2) is 9.83. The molecule has 0 fully saturated rings. The Kier molecular flexibility index (Phi) is 8.38. The summed E-state index contributed by atoms with van der Waals surface area (Å²) in [6.07, 6.45) is 5.07. The SMILES string of the molecule is C/C=C/COc1c(Br)cc(CNCCC)cc1OCC. The predicted molar refractivity (Wildman–Crippen MR) is 87.6 cm³/mol. The summed E-state index contributed by atoms with van der Waals surface area (Å²) < 4.78 is 12.4. The molecular weight excluding hydrogens is 318 g/mol. The first-order valence-electron chi connectivity index (χ1n) is 7.12. The molecule has 0 amide bonds. The molecule has 0 aliphatic rings. The van der Waals surface area contributed by atoms with Gasteiger partial charge in [0.2, 0.25) is 0 Å². The number of nitrogens with one attached hydrogen (secondary N) is 1. The molecule has 1 N–H and O–H groups in total. The van der Waals surface area contributed by atoms with Crippen molar-refractivity contribution in [2.24, 2.45) is 0 Å². The highest BCUT2D eigenvalue weighted by Crippen LogP contribution is 2.37. The highest BCUT2D eigenvalue weighted by molar-refractivity contribution is 9.10. The summed E-state index contributed by atoms with van der Waals surface area (Å²) in [7, 11) is 0. The van der Waals surface area contributed by atoms with E-state index in [0.717, 1.165) is 35.5 Å². The Labute approximate surface area is 130 Å². The van der Waals surface area contributed by atoms with Gasteiger partial charge in [-0.15, -0.1) is 0 Å². The lowest BCUT2D eigenvalue weighted by Gasteiger charge is -2.15. The lowest BCUT2D eigenvalue weighted by atomic mass is 10.2. The third kappa shape index (κ3) is 5.55. The van der Waals surface area contributed by atoms with E-state index in [1.54, 1.807) is 0 Å². The molecule has 0 aliphatic carbocycles. The minimum Gasteiger partial charge on any atom is -0.490 e. The van der Waals surface area contributed by atoms with Crippen LogP contribution in [0.15, 0.2) is 28.8 Å². The quantitative estimate of drug-likeness (QED) is 0.536. The summed E-state index contributed by atoms with van der Waals surface area (Å²) in [6.45, 7) is 9.13. The fraction of sp³-hybridized carbons (Fsp3) is 0.500. The topological polar surface area (TPSA) is 30.5 Å². The van der Waals surface area contributed by atoms with Gasteiger partial charge in [-0.3, -0.25) is 0 Å². The summed E-state index contributed by atoms with van der Waals surface area (Å²) in [5, 5.41) is 3.39. The minimum absolute atomic E-state index is 0.544. The summed E-state index contributed by atoms with van der Waals surface area (Å²) in [6, 6.07) is 4.12. The molecule has 1 aromatic rings. The van der Waals surface area contributed by atoms with Crippen LogP contribution in [0.3, 0.4) is 0 Å². The van der Waals surface area contributed by atoms with Gasteiger partial charge in [-0.2, -0.15) is 0 Å². The van der Waals surface area contributed by atoms with Crippen LogP contribution in [0.4, 0.5) is 0 Å². The fourth-order valence-electron chi connectivity index (χ4n) is 1.76. The second-order valence-corrected chi connectivity index (χ2v) is 5.25. The van der Waals surface area contributed by atoms with Gasteiger partial charge in [0.25, 0.3) is 0 Å². The van der Waals surface area contributed by atoms with Crippen LogP contribution in [-0.4, -0.2) is 19.8 Å². The van der Waals surface area contributed by atoms with Crippen LogP contribution >= 0.6 is 15.9 Å². The summed E-state index contributed by atoms with van der Waals surface area (Å²) in [5.74, 6) is 1.56. The molecule has 3 nitrogen and oxygen atoms in total. The lowest BCUT2D eigenvalue weighted by molar-refractivity contribution is 0.295. The minimum atomic E-state index is 0.544. The normalized spacial score (nSPS) is 11.0. The highest BCUT2D eigenvalue weighted by Gasteiger charge is 2.11. The Morgan fingerprint density at radius 3 is 2.70 bits per heavy atom. The van der Waals surface area contributed by atoms with Crippen molar-refractivity contribution >= 4 is 15.9 Å². The standard InChI is InChI=1S/C16H24BrNO2/c1-4-7-9-20-16-14(17)10-13(12-18-8-5-2)11-15(16)19-6-3/h4,7,10-11,18H,5-6,8-9,12H2,1-3H3/b7-4+. The third-order valence-electron chi connectivity index (χ3n) is 2.68. The number of ether oxygens (including phenoxy) is 2. The molecule has 20 heavy (non-hydrogen) atoms. The van der Waals surface area contributed by atoms with Gasteiger partial charge in [-0.25, -0.2) is 0 Å². The van der Waals surface area contributed by atoms with Crippen molar-refractivity contribution in [2.75, 3.05) is 19.8 Å². The van der Waals surface area contributed by atoms with Crippen LogP contribution < -0.4 is 14.8 Å². The Hall–Kier alpha value is -1.00. The van der Waals surface area contributed by atoms with E-state index in [2.05, 4.69) is 34.2 Å². The summed E-state index contributed by atoms with van der Waals surface area (Å²) >= 11 is 3.57. The van der Waals surface area contributed by atoms with Crippen LogP contribution in [-0.2, 0) is 6.54 Å². The Morgan fingerprint density at radius 1 is 1.25 bits per heavy atom. The smallest absolute Gasteiger partial charge is 0.175 e. The van der Waals surface area contributed by atoms with Gasteiger partial charge >= 0.3 is 0 Å². The molecule has 0 aromatic heterocycles. The third-order valence-corrected chi connectivity index (χ3v) is 3.27. The predicted octanol–water partition coefficient (Wildman–Crippen LogP) is 4.30. The van der Waals surface area contributed by atoms with Gasteiger partial charge < -0.3 is 14.8 Å². The van der Waals surface area contributed by atoms with Gasteiger partial charge in [0.15, 0.2) is 11.5 Å². The van der Waals surface area contributed by atoms with Gasteiger partial charge in [0.05, 0.1) is 11.1 Å². The van der Waals surface area contributed by atoms with Gasteiger partial charge in [-0.1, -0.05) is 19.1 Å². The summed E-state index contributed by atoms with van der Waals surface area (Å²) in [4.78, 5) is 0. The molecular formula is C16H24BrNO2. The zero-order valence-corrected chi connectivity index (χ0v) is 14.1.